The van der Waals surface area contributed by atoms with Crippen LogP contribution in [0, 0.1) is 5.82 Å². The predicted molar refractivity (Wildman–Crippen MR) is 153 cm³/mol. The SMILES string of the molecule is Cn1nccc1C(=O)N[C@H](C(=O)Nc1ccc(-c2cnc(=O)n(C)c2)c(F)c1)C(c1ccccc1)c1ccccc1. The number of amides is 2. The monoisotopic (exact) mass is 550 g/mol. The van der Waals surface area contributed by atoms with E-state index in [-0.39, 0.29) is 16.9 Å². The fourth-order valence-electron chi connectivity index (χ4n) is 4.71. The molecule has 2 N–H and O–H groups in total. The number of aromatic nitrogens is 4. The number of halogens is 1. The van der Waals surface area contributed by atoms with Gasteiger partial charge >= 0.3 is 5.69 Å². The molecule has 10 heteroatoms. The maximum atomic E-state index is 15.2. The van der Waals surface area contributed by atoms with Crippen LogP contribution in [-0.4, -0.2) is 37.2 Å². The zero-order valence-electron chi connectivity index (χ0n) is 22.4. The topological polar surface area (TPSA) is 111 Å². The Morgan fingerprint density at radius 3 is 2.12 bits per heavy atom. The Kier molecular flexibility index (Phi) is 7.82. The Hall–Kier alpha value is -5.38. The molecule has 2 aromatic heterocycles. The normalized spacial score (nSPS) is 11.7. The second kappa shape index (κ2) is 11.8. The second-order valence-electron chi connectivity index (χ2n) is 9.51. The summed E-state index contributed by atoms with van der Waals surface area (Å²) in [5.41, 5.74) is 2.29. The predicted octanol–water partition coefficient (Wildman–Crippen LogP) is 3.89. The summed E-state index contributed by atoms with van der Waals surface area (Å²) in [6.45, 7) is 0. The van der Waals surface area contributed by atoms with E-state index >= 15 is 4.39 Å². The summed E-state index contributed by atoms with van der Waals surface area (Å²) in [6, 6.07) is 23.5. The average Bonchev–Trinajstić information content (AvgIpc) is 3.41. The summed E-state index contributed by atoms with van der Waals surface area (Å²) in [4.78, 5) is 42.6. The van der Waals surface area contributed by atoms with Crippen molar-refractivity contribution in [2.45, 2.75) is 12.0 Å². The number of aryl methyl sites for hydroxylation is 2. The molecule has 0 aliphatic heterocycles. The van der Waals surface area contributed by atoms with E-state index in [1.807, 2.05) is 60.7 Å². The zero-order chi connectivity index (χ0) is 28.9. The third-order valence-electron chi connectivity index (χ3n) is 6.77. The van der Waals surface area contributed by atoms with Crippen molar-refractivity contribution in [2.75, 3.05) is 5.32 Å². The fraction of sp³-hybridized carbons (Fsp3) is 0.129. The van der Waals surface area contributed by atoms with Gasteiger partial charge in [0.1, 0.15) is 17.6 Å². The smallest absolute Gasteiger partial charge is 0.338 e. The van der Waals surface area contributed by atoms with Crippen LogP contribution >= 0.6 is 0 Å². The number of hydrogen-bond donors (Lipinski definition) is 2. The van der Waals surface area contributed by atoms with E-state index < -0.39 is 35.3 Å². The number of hydrogen-bond acceptors (Lipinski definition) is 5. The Bertz CT molecular complexity index is 1710. The van der Waals surface area contributed by atoms with E-state index in [2.05, 4.69) is 20.7 Å². The minimum Gasteiger partial charge on any atom is -0.338 e. The van der Waals surface area contributed by atoms with Crippen molar-refractivity contribution in [3.8, 4) is 11.1 Å². The summed E-state index contributed by atoms with van der Waals surface area (Å²) in [5.74, 6) is -2.18. The molecule has 0 aliphatic carbocycles. The lowest BCUT2D eigenvalue weighted by Crippen LogP contribution is -2.48. The van der Waals surface area contributed by atoms with Gasteiger partial charge in [0.25, 0.3) is 5.91 Å². The van der Waals surface area contributed by atoms with Gasteiger partial charge in [-0.2, -0.15) is 5.10 Å². The van der Waals surface area contributed by atoms with E-state index in [1.165, 1.54) is 47.0 Å². The molecule has 0 saturated heterocycles. The van der Waals surface area contributed by atoms with Crippen LogP contribution in [0.25, 0.3) is 11.1 Å². The summed E-state index contributed by atoms with van der Waals surface area (Å²) in [6.07, 6.45) is 4.29. The quantitative estimate of drug-likeness (QED) is 0.305. The molecule has 41 heavy (non-hydrogen) atoms. The van der Waals surface area contributed by atoms with Crippen LogP contribution in [0.2, 0.25) is 0 Å². The van der Waals surface area contributed by atoms with E-state index in [0.29, 0.717) is 5.56 Å². The molecule has 0 spiro atoms. The highest BCUT2D eigenvalue weighted by Crippen LogP contribution is 2.30. The molecular weight excluding hydrogens is 523 g/mol. The van der Waals surface area contributed by atoms with Gasteiger partial charge in [0.05, 0.1) is 0 Å². The molecule has 0 aliphatic rings. The van der Waals surface area contributed by atoms with Crippen LogP contribution in [-0.2, 0) is 18.9 Å². The van der Waals surface area contributed by atoms with Gasteiger partial charge in [-0.3, -0.25) is 14.3 Å². The molecular formula is C31H27FN6O3. The maximum absolute atomic E-state index is 15.2. The van der Waals surface area contributed by atoms with Gasteiger partial charge in [-0.15, -0.1) is 0 Å². The van der Waals surface area contributed by atoms with Crippen molar-refractivity contribution in [2.24, 2.45) is 14.1 Å². The lowest BCUT2D eigenvalue weighted by atomic mass is 9.84. The lowest BCUT2D eigenvalue weighted by Gasteiger charge is -2.28. The van der Waals surface area contributed by atoms with Gasteiger partial charge in [0.2, 0.25) is 5.91 Å². The maximum Gasteiger partial charge on any atom is 0.347 e. The Morgan fingerprint density at radius 2 is 1.56 bits per heavy atom. The first-order valence-electron chi connectivity index (χ1n) is 12.8. The third-order valence-corrected chi connectivity index (χ3v) is 6.77. The first kappa shape index (κ1) is 27.2. The molecule has 2 heterocycles. The van der Waals surface area contributed by atoms with Gasteiger partial charge in [-0.1, -0.05) is 60.7 Å². The number of carbonyl (C=O) groups is 2. The highest BCUT2D eigenvalue weighted by molar-refractivity contribution is 6.01. The third kappa shape index (κ3) is 5.96. The summed E-state index contributed by atoms with van der Waals surface area (Å²) < 4.78 is 17.9. The standard InChI is InChI=1S/C31H27FN6O3/c1-37-19-22(18-33-31(37)41)24-14-13-23(17-25(24)32)35-30(40)28(36-29(39)26-15-16-34-38(26)2)27(20-9-5-3-6-10-20)21-11-7-4-8-12-21/h3-19,27-28H,1-2H3,(H,35,40)(H,36,39)/t28-/m0/s1. The molecule has 0 fully saturated rings. The number of nitrogens with zero attached hydrogens (tertiary/aromatic N) is 4. The molecule has 9 nitrogen and oxygen atoms in total. The molecule has 0 saturated carbocycles. The molecule has 1 atom stereocenters. The van der Waals surface area contributed by atoms with Crippen molar-refractivity contribution in [3.05, 3.63) is 137 Å². The number of anilines is 1. The first-order valence-corrected chi connectivity index (χ1v) is 12.8. The minimum absolute atomic E-state index is 0.202. The van der Waals surface area contributed by atoms with Crippen molar-refractivity contribution < 1.29 is 14.0 Å². The first-order chi connectivity index (χ1) is 19.8. The average molecular weight is 551 g/mol. The molecule has 2 amide bonds. The van der Waals surface area contributed by atoms with E-state index in [1.54, 1.807) is 19.2 Å². The summed E-state index contributed by atoms with van der Waals surface area (Å²) in [7, 11) is 3.17. The summed E-state index contributed by atoms with van der Waals surface area (Å²) in [5, 5.41) is 9.74. The van der Waals surface area contributed by atoms with E-state index in [0.717, 1.165) is 11.1 Å². The Morgan fingerprint density at radius 1 is 0.902 bits per heavy atom. The molecule has 206 valence electrons. The molecule has 0 bridgehead atoms. The van der Waals surface area contributed by atoms with Crippen LogP contribution in [0.4, 0.5) is 10.1 Å². The van der Waals surface area contributed by atoms with Crippen LogP contribution in [0.5, 0.6) is 0 Å². The molecule has 5 rings (SSSR count). The Balaban J connectivity index is 1.51. The van der Waals surface area contributed by atoms with Gasteiger partial charge in [0.15, 0.2) is 0 Å². The van der Waals surface area contributed by atoms with E-state index in [4.69, 9.17) is 0 Å². The number of rotatable bonds is 8. The number of benzene rings is 3. The van der Waals surface area contributed by atoms with Gasteiger partial charge in [-0.25, -0.2) is 14.2 Å². The molecule has 0 unspecified atom stereocenters. The van der Waals surface area contributed by atoms with Crippen molar-refractivity contribution in [1.82, 2.24) is 24.6 Å². The van der Waals surface area contributed by atoms with Crippen LogP contribution in [0.3, 0.4) is 0 Å². The van der Waals surface area contributed by atoms with Crippen molar-refractivity contribution >= 4 is 17.5 Å². The largest absolute Gasteiger partial charge is 0.347 e. The highest BCUT2D eigenvalue weighted by Gasteiger charge is 2.33. The highest BCUT2D eigenvalue weighted by atomic mass is 19.1. The second-order valence-corrected chi connectivity index (χ2v) is 9.51. The van der Waals surface area contributed by atoms with Gasteiger partial charge < -0.3 is 15.2 Å². The molecule has 5 aromatic rings. The van der Waals surface area contributed by atoms with Crippen LogP contribution < -0.4 is 16.3 Å². The molecule has 0 radical (unpaired) electrons. The fourth-order valence-corrected chi connectivity index (χ4v) is 4.71. The number of carbonyl (C=O) groups excluding carboxylic acids is 2. The molecule has 3 aromatic carbocycles. The van der Waals surface area contributed by atoms with Crippen LogP contribution in [0.1, 0.15) is 27.5 Å². The van der Waals surface area contributed by atoms with Crippen molar-refractivity contribution in [3.63, 3.8) is 0 Å². The minimum atomic E-state index is -1.07. The van der Waals surface area contributed by atoms with E-state index in [9.17, 15) is 14.4 Å². The Labute approximate surface area is 235 Å². The van der Waals surface area contributed by atoms with Crippen LogP contribution in [0.15, 0.2) is 108 Å². The number of nitrogens with one attached hydrogen (secondary N) is 2. The zero-order valence-corrected chi connectivity index (χ0v) is 22.4. The summed E-state index contributed by atoms with van der Waals surface area (Å²) >= 11 is 0. The van der Waals surface area contributed by atoms with Crippen molar-refractivity contribution in [1.29, 1.82) is 0 Å². The van der Waals surface area contributed by atoms with Gasteiger partial charge in [0, 0.05) is 55.4 Å². The lowest BCUT2D eigenvalue weighted by molar-refractivity contribution is -0.118. The van der Waals surface area contributed by atoms with Gasteiger partial charge in [-0.05, 0) is 35.4 Å².